The van der Waals surface area contributed by atoms with Gasteiger partial charge < -0.3 is 9.73 Å². The number of nitrogens with zero attached hydrogens (tertiary/aromatic N) is 2. The van der Waals surface area contributed by atoms with Crippen LogP contribution in [0.25, 0.3) is 0 Å². The fraction of sp³-hybridized carbons (Fsp3) is 0.250. The van der Waals surface area contributed by atoms with Gasteiger partial charge in [-0.3, -0.25) is 9.59 Å². The molecule has 1 N–H and O–H groups in total. The maximum atomic E-state index is 11.6. The number of carbonyl (C=O) groups is 1. The van der Waals surface area contributed by atoms with E-state index in [1.165, 1.54) is 12.3 Å². The second kappa shape index (κ2) is 5.31. The van der Waals surface area contributed by atoms with Gasteiger partial charge in [0.15, 0.2) is 0 Å². The zero-order valence-corrected chi connectivity index (χ0v) is 9.92. The molecule has 0 atom stereocenters. The van der Waals surface area contributed by atoms with Crippen LogP contribution in [0, 0.1) is 6.92 Å². The van der Waals surface area contributed by atoms with E-state index in [1.54, 1.807) is 25.1 Å². The Balaban J connectivity index is 1.95. The Hall–Kier alpha value is -2.37. The van der Waals surface area contributed by atoms with E-state index in [9.17, 15) is 9.59 Å². The molecule has 0 unspecified atom stereocenters. The molecule has 2 rings (SSSR count). The molecule has 18 heavy (non-hydrogen) atoms. The van der Waals surface area contributed by atoms with Gasteiger partial charge in [-0.05, 0) is 25.1 Å². The quantitative estimate of drug-likeness (QED) is 0.851. The molecule has 0 fully saturated rings. The second-order valence-corrected chi connectivity index (χ2v) is 3.83. The fourth-order valence-electron chi connectivity index (χ4n) is 1.46. The molecule has 0 aromatic carbocycles. The van der Waals surface area contributed by atoms with Gasteiger partial charge in [-0.25, -0.2) is 4.68 Å². The van der Waals surface area contributed by atoms with Crippen molar-refractivity contribution in [2.75, 3.05) is 0 Å². The first kappa shape index (κ1) is 12.1. The minimum atomic E-state index is -0.297. The SMILES string of the molecule is Cc1ccc(=O)n(CC(=O)NCc2ccco2)n1. The van der Waals surface area contributed by atoms with Crippen molar-refractivity contribution >= 4 is 5.91 Å². The van der Waals surface area contributed by atoms with Crippen LogP contribution >= 0.6 is 0 Å². The number of hydrogen-bond donors (Lipinski definition) is 1. The third-order valence-corrected chi connectivity index (χ3v) is 2.33. The molecular formula is C12H13N3O3. The predicted molar refractivity (Wildman–Crippen MR) is 63.8 cm³/mol. The molecule has 94 valence electrons. The van der Waals surface area contributed by atoms with Gasteiger partial charge in [0.05, 0.1) is 18.5 Å². The summed E-state index contributed by atoms with van der Waals surface area (Å²) >= 11 is 0. The number of carbonyl (C=O) groups excluding carboxylic acids is 1. The number of furan rings is 1. The highest BCUT2D eigenvalue weighted by Crippen LogP contribution is 1.98. The minimum absolute atomic E-state index is 0.0960. The first-order valence-electron chi connectivity index (χ1n) is 5.49. The molecule has 2 heterocycles. The molecular weight excluding hydrogens is 234 g/mol. The Kier molecular flexibility index (Phi) is 3.57. The lowest BCUT2D eigenvalue weighted by molar-refractivity contribution is -0.122. The standard InChI is InChI=1S/C12H13N3O3/c1-9-4-5-12(17)15(14-9)8-11(16)13-7-10-3-2-6-18-10/h2-6H,7-8H2,1H3,(H,13,16). The van der Waals surface area contributed by atoms with Crippen LogP contribution in [0.1, 0.15) is 11.5 Å². The maximum absolute atomic E-state index is 11.6. The van der Waals surface area contributed by atoms with Crippen molar-refractivity contribution in [1.82, 2.24) is 15.1 Å². The van der Waals surface area contributed by atoms with E-state index < -0.39 is 0 Å². The van der Waals surface area contributed by atoms with Crippen molar-refractivity contribution in [1.29, 1.82) is 0 Å². The Morgan fingerprint density at radius 1 is 1.44 bits per heavy atom. The van der Waals surface area contributed by atoms with Gasteiger partial charge in [0.1, 0.15) is 12.3 Å². The highest BCUT2D eigenvalue weighted by atomic mass is 16.3. The van der Waals surface area contributed by atoms with Gasteiger partial charge >= 0.3 is 0 Å². The fourth-order valence-corrected chi connectivity index (χ4v) is 1.46. The number of aromatic nitrogens is 2. The molecule has 0 bridgehead atoms. The molecule has 6 nitrogen and oxygen atoms in total. The summed E-state index contributed by atoms with van der Waals surface area (Å²) in [4.78, 5) is 23.1. The van der Waals surface area contributed by atoms with Crippen LogP contribution in [-0.2, 0) is 17.9 Å². The van der Waals surface area contributed by atoms with Crippen LogP contribution < -0.4 is 10.9 Å². The van der Waals surface area contributed by atoms with E-state index in [4.69, 9.17) is 4.42 Å². The smallest absolute Gasteiger partial charge is 0.267 e. The summed E-state index contributed by atoms with van der Waals surface area (Å²) in [5, 5.41) is 6.63. The number of rotatable bonds is 4. The summed E-state index contributed by atoms with van der Waals surface area (Å²) < 4.78 is 6.21. The van der Waals surface area contributed by atoms with Gasteiger partial charge in [0.25, 0.3) is 5.56 Å². The third-order valence-electron chi connectivity index (χ3n) is 2.33. The molecule has 6 heteroatoms. The average Bonchev–Trinajstić information content (AvgIpc) is 2.84. The zero-order chi connectivity index (χ0) is 13.0. The molecule has 0 radical (unpaired) electrons. The molecule has 0 spiro atoms. The first-order valence-corrected chi connectivity index (χ1v) is 5.49. The van der Waals surface area contributed by atoms with Gasteiger partial charge in [-0.15, -0.1) is 0 Å². The summed E-state index contributed by atoms with van der Waals surface area (Å²) in [5.41, 5.74) is 0.391. The predicted octanol–water partition coefficient (Wildman–Crippen LogP) is 0.461. The summed E-state index contributed by atoms with van der Waals surface area (Å²) in [7, 11) is 0. The lowest BCUT2D eigenvalue weighted by Gasteiger charge is -2.05. The van der Waals surface area contributed by atoms with Crippen molar-refractivity contribution in [3.63, 3.8) is 0 Å². The van der Waals surface area contributed by atoms with Gasteiger partial charge in [0, 0.05) is 6.07 Å². The average molecular weight is 247 g/mol. The van der Waals surface area contributed by atoms with Crippen LogP contribution in [-0.4, -0.2) is 15.7 Å². The number of amides is 1. The Bertz CT molecular complexity index is 587. The lowest BCUT2D eigenvalue weighted by atomic mass is 10.4. The molecule has 2 aromatic heterocycles. The third kappa shape index (κ3) is 3.07. The van der Waals surface area contributed by atoms with Gasteiger partial charge in [-0.2, -0.15) is 5.10 Å². The van der Waals surface area contributed by atoms with Crippen molar-refractivity contribution in [2.24, 2.45) is 0 Å². The van der Waals surface area contributed by atoms with Crippen molar-refractivity contribution in [2.45, 2.75) is 20.0 Å². The molecule has 0 aliphatic heterocycles. The number of nitrogens with one attached hydrogen (secondary N) is 1. The van der Waals surface area contributed by atoms with Crippen molar-refractivity contribution in [3.8, 4) is 0 Å². The maximum Gasteiger partial charge on any atom is 0.267 e. The highest BCUT2D eigenvalue weighted by molar-refractivity contribution is 5.75. The Morgan fingerprint density at radius 2 is 2.28 bits per heavy atom. The van der Waals surface area contributed by atoms with Crippen LogP contribution in [0.3, 0.4) is 0 Å². The summed E-state index contributed by atoms with van der Waals surface area (Å²) in [6.07, 6.45) is 1.54. The van der Waals surface area contributed by atoms with Crippen molar-refractivity contribution < 1.29 is 9.21 Å². The normalized spacial score (nSPS) is 10.3. The largest absolute Gasteiger partial charge is 0.467 e. The van der Waals surface area contributed by atoms with E-state index in [2.05, 4.69) is 10.4 Å². The molecule has 0 aliphatic rings. The summed E-state index contributed by atoms with van der Waals surface area (Å²) in [6, 6.07) is 6.51. The molecule has 0 saturated carbocycles. The molecule has 0 aliphatic carbocycles. The first-order chi connectivity index (χ1) is 8.65. The van der Waals surface area contributed by atoms with Gasteiger partial charge in [0.2, 0.25) is 5.91 Å². The topological polar surface area (TPSA) is 77.1 Å². The van der Waals surface area contributed by atoms with Crippen LogP contribution in [0.4, 0.5) is 0 Å². The number of hydrogen-bond acceptors (Lipinski definition) is 4. The number of aryl methyl sites for hydroxylation is 1. The lowest BCUT2D eigenvalue weighted by Crippen LogP contribution is -2.33. The molecule has 2 aromatic rings. The van der Waals surface area contributed by atoms with E-state index in [1.807, 2.05) is 0 Å². The Morgan fingerprint density at radius 3 is 3.00 bits per heavy atom. The molecule has 0 saturated heterocycles. The highest BCUT2D eigenvalue weighted by Gasteiger charge is 2.06. The van der Waals surface area contributed by atoms with E-state index in [0.717, 1.165) is 4.68 Å². The van der Waals surface area contributed by atoms with E-state index in [-0.39, 0.29) is 18.0 Å². The summed E-state index contributed by atoms with van der Waals surface area (Å²) in [5.74, 6) is 0.375. The van der Waals surface area contributed by atoms with Crippen LogP contribution in [0.5, 0.6) is 0 Å². The van der Waals surface area contributed by atoms with E-state index in [0.29, 0.717) is 18.0 Å². The van der Waals surface area contributed by atoms with E-state index >= 15 is 0 Å². The Labute approximate surface area is 103 Å². The van der Waals surface area contributed by atoms with Crippen LogP contribution in [0.2, 0.25) is 0 Å². The monoisotopic (exact) mass is 247 g/mol. The second-order valence-electron chi connectivity index (χ2n) is 3.83. The molecule has 1 amide bonds. The zero-order valence-electron chi connectivity index (χ0n) is 9.92. The summed E-state index contributed by atoms with van der Waals surface area (Å²) in [6.45, 7) is 1.96. The van der Waals surface area contributed by atoms with Crippen LogP contribution in [0.15, 0.2) is 39.7 Å². The van der Waals surface area contributed by atoms with Crippen molar-refractivity contribution in [3.05, 3.63) is 52.3 Å². The minimum Gasteiger partial charge on any atom is -0.467 e. The van der Waals surface area contributed by atoms with Gasteiger partial charge in [-0.1, -0.05) is 0 Å².